The van der Waals surface area contributed by atoms with Crippen molar-refractivity contribution in [1.82, 2.24) is 5.32 Å². The molecule has 1 aromatic carbocycles. The highest BCUT2D eigenvalue weighted by Gasteiger charge is 2.54. The van der Waals surface area contributed by atoms with Gasteiger partial charge in [0.2, 0.25) is 5.91 Å². The molecule has 4 saturated carbocycles. The number of carbonyl (C=O) groups is 3. The van der Waals surface area contributed by atoms with Crippen LogP contribution in [0.15, 0.2) is 24.3 Å². The Labute approximate surface area is 176 Å². The molecule has 0 heterocycles. The summed E-state index contributed by atoms with van der Waals surface area (Å²) >= 11 is 0. The maximum Gasteiger partial charge on any atom is 0.326 e. The highest BCUT2D eigenvalue weighted by molar-refractivity contribution is 5.95. The summed E-state index contributed by atoms with van der Waals surface area (Å²) in [5.74, 6) is 0.823. The third kappa shape index (κ3) is 4.18. The number of nitrogens with one attached hydrogen (secondary N) is 2. The number of nitriles is 1. The summed E-state index contributed by atoms with van der Waals surface area (Å²) in [6.45, 7) is 1.26. The second kappa shape index (κ2) is 8.10. The lowest BCUT2D eigenvalue weighted by molar-refractivity contribution is -0.155. The van der Waals surface area contributed by atoms with Crippen LogP contribution in [-0.4, -0.2) is 30.4 Å². The smallest absolute Gasteiger partial charge is 0.326 e. The number of anilines is 1. The average molecular weight is 409 g/mol. The molecular weight excluding hydrogens is 382 g/mol. The molecule has 1 aromatic rings. The molecule has 5 rings (SSSR count). The molecule has 7 nitrogen and oxygen atoms in total. The van der Waals surface area contributed by atoms with Gasteiger partial charge < -0.3 is 15.4 Å². The zero-order valence-corrected chi connectivity index (χ0v) is 17.1. The molecule has 2 amide bonds. The Hall–Kier alpha value is -2.88. The molecule has 4 fully saturated rings. The van der Waals surface area contributed by atoms with E-state index < -0.39 is 18.0 Å². The molecule has 0 aliphatic heterocycles. The number of nitrogens with zero attached hydrogens (tertiary/aromatic N) is 1. The van der Waals surface area contributed by atoms with Crippen molar-refractivity contribution in [1.29, 1.82) is 5.26 Å². The van der Waals surface area contributed by atoms with Crippen LogP contribution in [0.5, 0.6) is 0 Å². The predicted octanol–water partition coefficient (Wildman–Crippen LogP) is 2.76. The highest BCUT2D eigenvalue weighted by atomic mass is 16.5. The van der Waals surface area contributed by atoms with Gasteiger partial charge in [-0.3, -0.25) is 14.4 Å². The first-order valence-corrected chi connectivity index (χ1v) is 10.7. The lowest BCUT2D eigenvalue weighted by Gasteiger charge is -2.55. The molecule has 2 N–H and O–H groups in total. The normalized spacial score (nSPS) is 29.5. The predicted molar refractivity (Wildman–Crippen MR) is 109 cm³/mol. The first kappa shape index (κ1) is 20.4. The molecule has 0 saturated heterocycles. The Balaban J connectivity index is 1.24. The van der Waals surface area contributed by atoms with Gasteiger partial charge in [-0.25, -0.2) is 0 Å². The lowest BCUT2D eigenvalue weighted by atomic mass is 9.49. The molecular formula is C23H27N3O4. The van der Waals surface area contributed by atoms with Crippen LogP contribution < -0.4 is 10.6 Å². The van der Waals surface area contributed by atoms with E-state index in [0.717, 1.165) is 19.3 Å². The van der Waals surface area contributed by atoms with E-state index >= 15 is 0 Å². The maximum absolute atomic E-state index is 12.9. The second-order valence-electron chi connectivity index (χ2n) is 9.19. The number of amides is 2. The quantitative estimate of drug-likeness (QED) is 0.703. The molecule has 0 radical (unpaired) electrons. The summed E-state index contributed by atoms with van der Waals surface area (Å²) in [4.78, 5) is 37.3. The molecule has 0 aromatic heterocycles. The Morgan fingerprint density at radius 1 is 1.10 bits per heavy atom. The molecule has 4 aliphatic rings. The first-order chi connectivity index (χ1) is 14.4. The summed E-state index contributed by atoms with van der Waals surface area (Å²) in [6, 6.07) is 8.40. The van der Waals surface area contributed by atoms with Gasteiger partial charge in [0.05, 0.1) is 11.6 Å². The number of carbonyl (C=O) groups excluding carboxylic acids is 3. The van der Waals surface area contributed by atoms with Gasteiger partial charge in [-0.1, -0.05) is 0 Å². The molecule has 158 valence electrons. The largest absolute Gasteiger partial charge is 0.451 e. The van der Waals surface area contributed by atoms with Crippen molar-refractivity contribution < 1.29 is 19.1 Å². The van der Waals surface area contributed by atoms with Crippen LogP contribution in [0.4, 0.5) is 5.69 Å². The SMILES string of the molecule is CC(OC(=O)CNC(=O)C12CC3CC(CC(C3)C1)C2)C(=O)Nc1ccc(C#N)cc1. The first-order valence-electron chi connectivity index (χ1n) is 10.7. The van der Waals surface area contributed by atoms with Crippen LogP contribution in [0.3, 0.4) is 0 Å². The third-order valence-electron chi connectivity index (χ3n) is 6.87. The fourth-order valence-corrected chi connectivity index (χ4v) is 5.89. The fraction of sp³-hybridized carbons (Fsp3) is 0.565. The van der Waals surface area contributed by atoms with E-state index in [1.807, 2.05) is 6.07 Å². The van der Waals surface area contributed by atoms with Crippen molar-refractivity contribution in [2.75, 3.05) is 11.9 Å². The third-order valence-corrected chi connectivity index (χ3v) is 6.87. The van der Waals surface area contributed by atoms with Crippen molar-refractivity contribution >= 4 is 23.5 Å². The van der Waals surface area contributed by atoms with Gasteiger partial charge in [0, 0.05) is 11.1 Å². The number of hydrogen-bond acceptors (Lipinski definition) is 5. The van der Waals surface area contributed by atoms with E-state index in [2.05, 4.69) is 10.6 Å². The Morgan fingerprint density at radius 3 is 2.20 bits per heavy atom. The monoisotopic (exact) mass is 409 g/mol. The van der Waals surface area contributed by atoms with Gasteiger partial charge >= 0.3 is 5.97 Å². The van der Waals surface area contributed by atoms with Gasteiger partial charge in [-0.2, -0.15) is 5.26 Å². The summed E-state index contributed by atoms with van der Waals surface area (Å²) < 4.78 is 5.18. The van der Waals surface area contributed by atoms with Crippen molar-refractivity contribution in [2.45, 2.75) is 51.6 Å². The molecule has 0 spiro atoms. The van der Waals surface area contributed by atoms with Crippen LogP contribution in [0, 0.1) is 34.5 Å². The molecule has 7 heteroatoms. The summed E-state index contributed by atoms with van der Waals surface area (Å²) in [5, 5.41) is 14.2. The number of ether oxygens (including phenoxy) is 1. The van der Waals surface area contributed by atoms with Gasteiger partial charge in [0.25, 0.3) is 5.91 Å². The van der Waals surface area contributed by atoms with Gasteiger partial charge in [-0.15, -0.1) is 0 Å². The number of benzene rings is 1. The van der Waals surface area contributed by atoms with E-state index in [1.54, 1.807) is 24.3 Å². The minimum absolute atomic E-state index is 0.0340. The van der Waals surface area contributed by atoms with Gasteiger partial charge in [-0.05, 0) is 87.5 Å². The van der Waals surface area contributed by atoms with Crippen LogP contribution in [0.25, 0.3) is 0 Å². The van der Waals surface area contributed by atoms with Crippen LogP contribution in [-0.2, 0) is 19.1 Å². The minimum Gasteiger partial charge on any atom is -0.451 e. The van der Waals surface area contributed by atoms with Gasteiger partial charge in [0.1, 0.15) is 6.54 Å². The number of hydrogen-bond donors (Lipinski definition) is 2. The summed E-state index contributed by atoms with van der Waals surface area (Å²) in [6.07, 6.45) is 5.56. The van der Waals surface area contributed by atoms with Crippen molar-refractivity contribution in [3.63, 3.8) is 0 Å². The lowest BCUT2D eigenvalue weighted by Crippen LogP contribution is -2.54. The topological polar surface area (TPSA) is 108 Å². The minimum atomic E-state index is -0.996. The summed E-state index contributed by atoms with van der Waals surface area (Å²) in [7, 11) is 0. The van der Waals surface area contributed by atoms with Crippen LogP contribution in [0.2, 0.25) is 0 Å². The fourth-order valence-electron chi connectivity index (χ4n) is 5.89. The second-order valence-corrected chi connectivity index (χ2v) is 9.19. The molecule has 1 unspecified atom stereocenters. The zero-order valence-electron chi connectivity index (χ0n) is 17.1. The highest BCUT2D eigenvalue weighted by Crippen LogP contribution is 2.60. The van der Waals surface area contributed by atoms with E-state index in [0.29, 0.717) is 29.0 Å². The van der Waals surface area contributed by atoms with E-state index in [4.69, 9.17) is 10.00 Å². The molecule has 4 aliphatic carbocycles. The zero-order chi connectivity index (χ0) is 21.3. The average Bonchev–Trinajstić information content (AvgIpc) is 2.71. The Kier molecular flexibility index (Phi) is 5.50. The molecule has 30 heavy (non-hydrogen) atoms. The van der Waals surface area contributed by atoms with E-state index in [-0.39, 0.29) is 17.9 Å². The van der Waals surface area contributed by atoms with Crippen molar-refractivity contribution in [3.05, 3.63) is 29.8 Å². The van der Waals surface area contributed by atoms with Crippen molar-refractivity contribution in [3.8, 4) is 6.07 Å². The van der Waals surface area contributed by atoms with E-state index in [9.17, 15) is 14.4 Å². The molecule has 1 atom stereocenters. The maximum atomic E-state index is 12.9. The summed E-state index contributed by atoms with van der Waals surface area (Å²) in [5.41, 5.74) is 0.687. The van der Waals surface area contributed by atoms with Crippen LogP contribution >= 0.6 is 0 Å². The van der Waals surface area contributed by atoms with E-state index in [1.165, 1.54) is 26.2 Å². The standard InChI is InChI=1S/C23H27N3O4/c1-14(21(28)26-19-4-2-15(12-24)3-5-19)30-20(27)13-25-22(29)23-9-16-6-17(10-23)8-18(7-16)11-23/h2-5,14,16-18H,6-11,13H2,1H3,(H,25,29)(H,26,28). The molecule has 4 bridgehead atoms. The Morgan fingerprint density at radius 2 is 1.67 bits per heavy atom. The van der Waals surface area contributed by atoms with Crippen molar-refractivity contribution in [2.24, 2.45) is 23.2 Å². The van der Waals surface area contributed by atoms with Gasteiger partial charge in [0.15, 0.2) is 6.10 Å². The number of rotatable bonds is 6. The van der Waals surface area contributed by atoms with Crippen LogP contribution in [0.1, 0.15) is 51.0 Å². The number of esters is 1. The Bertz CT molecular complexity index is 851.